The van der Waals surface area contributed by atoms with Crippen LogP contribution >= 0.6 is 0 Å². The molecule has 7 N–H and O–H groups in total. The van der Waals surface area contributed by atoms with E-state index in [-0.39, 0.29) is 19.1 Å². The average Bonchev–Trinajstić information content (AvgIpc) is 1.86. The Morgan fingerprint density at radius 1 is 1.30 bits per heavy atom. The Bertz CT molecular complexity index is 101. The predicted octanol–water partition coefficient (Wildman–Crippen LogP) is -2.77. The van der Waals surface area contributed by atoms with Crippen molar-refractivity contribution in [3.8, 4) is 0 Å². The van der Waals surface area contributed by atoms with Gasteiger partial charge in [-0.05, 0) is 6.54 Å². The van der Waals surface area contributed by atoms with Crippen molar-refractivity contribution in [2.24, 2.45) is 11.5 Å². The lowest BCUT2D eigenvalue weighted by atomic mass is 10.7. The number of nitrogens with two attached hydrogens (primary N) is 2. The third-order valence-electron chi connectivity index (χ3n) is 1.27. The monoisotopic (exact) mass is 166 g/mol. The normalized spacial score (nSPS) is 15.3. The molecule has 0 aromatic rings. The van der Waals surface area contributed by atoms with E-state index in [1.54, 1.807) is 0 Å². The molecule has 0 aromatic carbocycles. The van der Waals surface area contributed by atoms with Gasteiger partial charge < -0.3 is 26.2 Å². The zero-order chi connectivity index (χ0) is 8.20. The molecule has 0 radical (unpaired) electrons. The highest BCUT2D eigenvalue weighted by Crippen LogP contribution is 2.04. The Labute approximate surface area is 60.5 Å². The minimum Gasteiger partial charge on any atom is -0.409 e. The van der Waals surface area contributed by atoms with E-state index in [0.29, 0.717) is 0 Å². The first-order valence-corrected chi connectivity index (χ1v) is 5.25. The predicted molar refractivity (Wildman–Crippen MR) is 39.1 cm³/mol. The number of rotatable bonds is 4. The van der Waals surface area contributed by atoms with E-state index < -0.39 is 14.3 Å². The first kappa shape index (κ1) is 10.0. The van der Waals surface area contributed by atoms with Crippen LogP contribution in [-0.4, -0.2) is 42.1 Å². The van der Waals surface area contributed by atoms with Crippen LogP contribution in [0.4, 0.5) is 0 Å². The summed E-state index contributed by atoms with van der Waals surface area (Å²) < 4.78 is 0. The molecule has 10 heavy (non-hydrogen) atoms. The zero-order valence-electron chi connectivity index (χ0n) is 5.70. The molecule has 0 saturated heterocycles. The Balaban J connectivity index is 3.82. The Hall–Kier alpha value is 0.0169. The number of hydrogen-bond donors (Lipinski definition) is 5. The molecule has 0 aliphatic heterocycles. The minimum atomic E-state index is -3.50. The second-order valence-corrected chi connectivity index (χ2v) is 5.09. The van der Waals surface area contributed by atoms with Crippen LogP contribution in [0.15, 0.2) is 0 Å². The van der Waals surface area contributed by atoms with Crippen LogP contribution in [0, 0.1) is 0 Å². The largest absolute Gasteiger partial charge is 0.409 e. The molecule has 1 atom stereocenters. The van der Waals surface area contributed by atoms with Crippen LogP contribution in [0.1, 0.15) is 0 Å². The third kappa shape index (κ3) is 2.73. The summed E-state index contributed by atoms with van der Waals surface area (Å²) in [5.41, 5.74) is 8.90. The van der Waals surface area contributed by atoms with Gasteiger partial charge in [-0.1, -0.05) is 0 Å². The van der Waals surface area contributed by atoms with Gasteiger partial charge >= 0.3 is 8.56 Å². The summed E-state index contributed by atoms with van der Waals surface area (Å²) in [5.74, 6) is 0. The standard InChI is InChI=1S/C4H14N2O3Si/c5-1-2-10(8,9)4(7)3-6/h4,7-9H,1-3,5-6H2. The molecule has 0 heterocycles. The van der Waals surface area contributed by atoms with Crippen LogP contribution < -0.4 is 11.5 Å². The average molecular weight is 166 g/mol. The van der Waals surface area contributed by atoms with Crippen molar-refractivity contribution in [3.05, 3.63) is 0 Å². The van der Waals surface area contributed by atoms with Gasteiger partial charge in [-0.25, -0.2) is 0 Å². The Morgan fingerprint density at radius 3 is 2.10 bits per heavy atom. The van der Waals surface area contributed by atoms with Gasteiger partial charge in [0.15, 0.2) is 0 Å². The molecule has 1 unspecified atom stereocenters. The third-order valence-corrected chi connectivity index (χ3v) is 3.60. The van der Waals surface area contributed by atoms with Crippen molar-refractivity contribution in [1.82, 2.24) is 0 Å². The molecule has 0 spiro atoms. The molecule has 0 saturated carbocycles. The van der Waals surface area contributed by atoms with Gasteiger partial charge in [0.1, 0.15) is 5.73 Å². The maximum absolute atomic E-state index is 9.07. The summed E-state index contributed by atoms with van der Waals surface area (Å²) in [4.78, 5) is 18.1. The molecule has 0 aliphatic rings. The van der Waals surface area contributed by atoms with E-state index in [1.807, 2.05) is 0 Å². The summed E-state index contributed by atoms with van der Waals surface area (Å²) in [7, 11) is -3.50. The van der Waals surface area contributed by atoms with Crippen molar-refractivity contribution in [2.45, 2.75) is 11.8 Å². The van der Waals surface area contributed by atoms with E-state index in [1.165, 1.54) is 0 Å². The second-order valence-electron chi connectivity index (χ2n) is 2.17. The molecular weight excluding hydrogens is 152 g/mol. The van der Waals surface area contributed by atoms with Crippen molar-refractivity contribution in [1.29, 1.82) is 0 Å². The minimum absolute atomic E-state index is 0.0609. The van der Waals surface area contributed by atoms with Crippen LogP contribution in [0.25, 0.3) is 0 Å². The van der Waals surface area contributed by atoms with Gasteiger partial charge in [0.2, 0.25) is 0 Å². The molecule has 5 nitrogen and oxygen atoms in total. The number of aliphatic hydroxyl groups excluding tert-OH is 1. The van der Waals surface area contributed by atoms with Crippen molar-refractivity contribution in [2.75, 3.05) is 13.1 Å². The van der Waals surface area contributed by atoms with Crippen LogP contribution in [0.3, 0.4) is 0 Å². The molecule has 0 amide bonds. The van der Waals surface area contributed by atoms with E-state index in [9.17, 15) is 0 Å². The van der Waals surface area contributed by atoms with Gasteiger partial charge in [0.05, 0.1) is 0 Å². The summed E-state index contributed by atoms with van der Waals surface area (Å²) in [5, 5.41) is 8.90. The fourth-order valence-corrected chi connectivity index (χ4v) is 1.70. The van der Waals surface area contributed by atoms with Gasteiger partial charge in [0, 0.05) is 12.6 Å². The molecule has 0 rings (SSSR count). The lowest BCUT2D eigenvalue weighted by Crippen LogP contribution is -2.53. The lowest BCUT2D eigenvalue weighted by molar-refractivity contribution is 0.183. The summed E-state index contributed by atoms with van der Waals surface area (Å²) >= 11 is 0. The van der Waals surface area contributed by atoms with E-state index in [2.05, 4.69) is 0 Å². The molecular formula is C4H14N2O3Si. The van der Waals surface area contributed by atoms with E-state index in [4.69, 9.17) is 26.2 Å². The number of hydrogen-bond acceptors (Lipinski definition) is 5. The Kier molecular flexibility index (Phi) is 4.02. The SMILES string of the molecule is NCC[Si](O)(O)C(O)CN. The van der Waals surface area contributed by atoms with Crippen LogP contribution in [0.5, 0.6) is 0 Å². The highest BCUT2D eigenvalue weighted by molar-refractivity contribution is 6.66. The highest BCUT2D eigenvalue weighted by atomic mass is 28.4. The van der Waals surface area contributed by atoms with Gasteiger partial charge in [-0.2, -0.15) is 0 Å². The van der Waals surface area contributed by atoms with Crippen LogP contribution in [0.2, 0.25) is 6.04 Å². The number of aliphatic hydroxyl groups is 1. The maximum atomic E-state index is 9.07. The fourth-order valence-electron chi connectivity index (χ4n) is 0.568. The summed E-state index contributed by atoms with van der Waals surface area (Å²) in [6.45, 7) is 0.0372. The van der Waals surface area contributed by atoms with Crippen LogP contribution in [-0.2, 0) is 0 Å². The highest BCUT2D eigenvalue weighted by Gasteiger charge is 2.36. The van der Waals surface area contributed by atoms with Gasteiger partial charge in [-0.3, -0.25) is 0 Å². The molecule has 0 aliphatic carbocycles. The fraction of sp³-hybridized carbons (Fsp3) is 1.00. The van der Waals surface area contributed by atoms with Gasteiger partial charge in [0.25, 0.3) is 0 Å². The first-order chi connectivity index (χ1) is 4.54. The Morgan fingerprint density at radius 2 is 1.80 bits per heavy atom. The summed E-state index contributed by atoms with van der Waals surface area (Å²) in [6.07, 6.45) is 0. The quantitative estimate of drug-likeness (QED) is 0.290. The van der Waals surface area contributed by atoms with Crippen molar-refractivity contribution in [3.63, 3.8) is 0 Å². The second kappa shape index (κ2) is 4.01. The molecule has 0 fully saturated rings. The zero-order valence-corrected chi connectivity index (χ0v) is 6.70. The molecule has 62 valence electrons. The molecule has 6 heteroatoms. The summed E-state index contributed by atoms with van der Waals surface area (Å²) in [6, 6.07) is 0.0609. The van der Waals surface area contributed by atoms with Crippen molar-refractivity contribution >= 4 is 8.56 Å². The van der Waals surface area contributed by atoms with Crippen molar-refractivity contribution < 1.29 is 14.7 Å². The first-order valence-electron chi connectivity index (χ1n) is 3.07. The van der Waals surface area contributed by atoms with Gasteiger partial charge in [-0.15, -0.1) is 0 Å². The molecule has 0 bridgehead atoms. The maximum Gasteiger partial charge on any atom is 0.364 e. The smallest absolute Gasteiger partial charge is 0.364 e. The molecule has 0 aromatic heterocycles. The van der Waals surface area contributed by atoms with E-state index in [0.717, 1.165) is 0 Å². The van der Waals surface area contributed by atoms with E-state index >= 15 is 0 Å². The topological polar surface area (TPSA) is 113 Å². The lowest BCUT2D eigenvalue weighted by Gasteiger charge is -2.21.